The fraction of sp³-hybridized carbons (Fsp3) is 0.562. The number of hydrogen-bond acceptors (Lipinski definition) is 5. The van der Waals surface area contributed by atoms with Crippen LogP contribution in [0.3, 0.4) is 0 Å². The Morgan fingerprint density at radius 2 is 2.14 bits per heavy atom. The van der Waals surface area contributed by atoms with E-state index < -0.39 is 0 Å². The third-order valence-corrected chi connectivity index (χ3v) is 4.15. The minimum absolute atomic E-state index is 0.0625. The predicted molar refractivity (Wildman–Crippen MR) is 84.0 cm³/mol. The summed E-state index contributed by atoms with van der Waals surface area (Å²) < 4.78 is 5.27. The molecule has 0 spiro atoms. The predicted octanol–water partition coefficient (Wildman–Crippen LogP) is 2.14. The van der Waals surface area contributed by atoms with Gasteiger partial charge in [0.25, 0.3) is 11.6 Å². The number of aromatic nitrogens is 2. The van der Waals surface area contributed by atoms with Gasteiger partial charge in [0, 0.05) is 11.7 Å². The second kappa shape index (κ2) is 6.04. The van der Waals surface area contributed by atoms with Crippen LogP contribution in [0.25, 0.3) is 11.1 Å². The van der Waals surface area contributed by atoms with Crippen molar-refractivity contribution in [3.05, 3.63) is 23.0 Å². The van der Waals surface area contributed by atoms with Gasteiger partial charge in [-0.25, -0.2) is 4.98 Å². The largest absolute Gasteiger partial charge is 0.349 e. The van der Waals surface area contributed by atoms with Crippen molar-refractivity contribution in [2.45, 2.75) is 45.6 Å². The molecule has 3 rings (SSSR count). The number of rotatable bonds is 3. The summed E-state index contributed by atoms with van der Waals surface area (Å²) in [4.78, 5) is 17.2. The SMILES string of the molecule is Cc1noc2nc(C(C)C)cc(C(=O)NC3CCNCC3)c12. The number of hydrogen-bond donors (Lipinski definition) is 2. The molecule has 2 aromatic heterocycles. The number of nitrogens with zero attached hydrogens (tertiary/aromatic N) is 2. The maximum Gasteiger partial charge on any atom is 0.259 e. The van der Waals surface area contributed by atoms with Crippen LogP contribution in [0.5, 0.6) is 0 Å². The first-order valence-corrected chi connectivity index (χ1v) is 7.84. The fourth-order valence-electron chi connectivity index (χ4n) is 2.82. The van der Waals surface area contributed by atoms with Crippen molar-refractivity contribution in [2.75, 3.05) is 13.1 Å². The molecule has 0 saturated carbocycles. The van der Waals surface area contributed by atoms with Crippen molar-refractivity contribution < 1.29 is 9.32 Å². The number of aryl methyl sites for hydroxylation is 1. The highest BCUT2D eigenvalue weighted by molar-refractivity contribution is 6.06. The van der Waals surface area contributed by atoms with Gasteiger partial charge in [-0.3, -0.25) is 4.79 Å². The molecule has 1 saturated heterocycles. The van der Waals surface area contributed by atoms with E-state index in [-0.39, 0.29) is 17.9 Å². The van der Waals surface area contributed by atoms with Crippen molar-refractivity contribution in [3.63, 3.8) is 0 Å². The summed E-state index contributed by atoms with van der Waals surface area (Å²) in [5, 5.41) is 11.1. The van der Waals surface area contributed by atoms with Crippen LogP contribution < -0.4 is 10.6 Å². The Hall–Kier alpha value is -1.95. The second-order valence-electron chi connectivity index (χ2n) is 6.20. The minimum atomic E-state index is -0.0625. The topological polar surface area (TPSA) is 80.0 Å². The number of pyridine rings is 1. The van der Waals surface area contributed by atoms with E-state index in [1.165, 1.54) is 0 Å². The average Bonchev–Trinajstić information content (AvgIpc) is 2.89. The Morgan fingerprint density at radius 3 is 2.82 bits per heavy atom. The first-order chi connectivity index (χ1) is 10.6. The molecule has 1 aliphatic rings. The summed E-state index contributed by atoms with van der Waals surface area (Å²) in [6.45, 7) is 7.82. The molecule has 1 aliphatic heterocycles. The van der Waals surface area contributed by atoms with Crippen LogP contribution in [0.2, 0.25) is 0 Å². The highest BCUT2D eigenvalue weighted by Gasteiger charge is 2.22. The van der Waals surface area contributed by atoms with E-state index in [1.54, 1.807) is 0 Å². The molecular formula is C16H22N4O2. The standard InChI is InChI=1S/C16H22N4O2/c1-9(2)13-8-12(14-10(3)20-22-16(14)19-13)15(21)18-11-4-6-17-7-5-11/h8-9,11,17H,4-7H2,1-3H3,(H,18,21). The van der Waals surface area contributed by atoms with E-state index in [1.807, 2.05) is 26.8 Å². The molecule has 3 heterocycles. The molecule has 0 bridgehead atoms. The van der Waals surface area contributed by atoms with Gasteiger partial charge in [-0.2, -0.15) is 0 Å². The van der Waals surface area contributed by atoms with Gasteiger partial charge in [-0.1, -0.05) is 19.0 Å². The molecule has 2 N–H and O–H groups in total. The smallest absolute Gasteiger partial charge is 0.259 e. The van der Waals surface area contributed by atoms with Crippen molar-refractivity contribution in [1.29, 1.82) is 0 Å². The van der Waals surface area contributed by atoms with E-state index >= 15 is 0 Å². The molecule has 1 fully saturated rings. The third kappa shape index (κ3) is 2.83. The second-order valence-corrected chi connectivity index (χ2v) is 6.20. The van der Waals surface area contributed by atoms with Crippen LogP contribution in [0.15, 0.2) is 10.6 Å². The average molecular weight is 302 g/mol. The van der Waals surface area contributed by atoms with Crippen molar-refractivity contribution in [3.8, 4) is 0 Å². The van der Waals surface area contributed by atoms with Crippen molar-refractivity contribution >= 4 is 17.0 Å². The molecule has 0 unspecified atom stereocenters. The van der Waals surface area contributed by atoms with Gasteiger partial charge in [-0.05, 0) is 44.8 Å². The molecule has 2 aromatic rings. The van der Waals surface area contributed by atoms with Crippen LogP contribution in [0, 0.1) is 6.92 Å². The summed E-state index contributed by atoms with van der Waals surface area (Å²) in [6, 6.07) is 2.09. The molecule has 22 heavy (non-hydrogen) atoms. The van der Waals surface area contributed by atoms with Gasteiger partial charge in [0.2, 0.25) is 0 Å². The normalized spacial score (nSPS) is 16.4. The lowest BCUT2D eigenvalue weighted by molar-refractivity contribution is 0.0931. The summed E-state index contributed by atoms with van der Waals surface area (Å²) in [6.07, 6.45) is 1.92. The third-order valence-electron chi connectivity index (χ3n) is 4.15. The summed E-state index contributed by atoms with van der Waals surface area (Å²) in [5.41, 5.74) is 2.61. The van der Waals surface area contributed by atoms with Gasteiger partial charge < -0.3 is 15.2 Å². The Bertz CT molecular complexity index is 687. The maximum atomic E-state index is 12.7. The Labute approximate surface area is 129 Å². The van der Waals surface area contributed by atoms with Crippen LogP contribution in [-0.2, 0) is 0 Å². The number of amides is 1. The number of carbonyl (C=O) groups excluding carboxylic acids is 1. The highest BCUT2D eigenvalue weighted by Crippen LogP contribution is 2.25. The van der Waals surface area contributed by atoms with Crippen molar-refractivity contribution in [2.24, 2.45) is 0 Å². The lowest BCUT2D eigenvalue weighted by Gasteiger charge is -2.23. The number of carbonyl (C=O) groups is 1. The van der Waals surface area contributed by atoms with Gasteiger partial charge >= 0.3 is 0 Å². The molecule has 118 valence electrons. The van der Waals surface area contributed by atoms with Crippen LogP contribution in [0.1, 0.15) is 54.4 Å². The van der Waals surface area contributed by atoms with Crippen LogP contribution in [-0.4, -0.2) is 35.2 Å². The van der Waals surface area contributed by atoms with E-state index in [2.05, 4.69) is 20.8 Å². The molecule has 0 aromatic carbocycles. The van der Waals surface area contributed by atoms with Crippen LogP contribution in [0.4, 0.5) is 0 Å². The minimum Gasteiger partial charge on any atom is -0.349 e. The van der Waals surface area contributed by atoms with E-state index in [4.69, 9.17) is 4.52 Å². The summed E-state index contributed by atoms with van der Waals surface area (Å²) >= 11 is 0. The molecular weight excluding hydrogens is 280 g/mol. The van der Waals surface area contributed by atoms with Crippen molar-refractivity contribution in [1.82, 2.24) is 20.8 Å². The van der Waals surface area contributed by atoms with Crippen LogP contribution >= 0.6 is 0 Å². The van der Waals surface area contributed by atoms with Gasteiger partial charge in [-0.15, -0.1) is 0 Å². The fourth-order valence-corrected chi connectivity index (χ4v) is 2.82. The zero-order valence-electron chi connectivity index (χ0n) is 13.3. The zero-order valence-corrected chi connectivity index (χ0v) is 13.3. The molecule has 1 amide bonds. The maximum absolute atomic E-state index is 12.7. The molecule has 6 nitrogen and oxygen atoms in total. The van der Waals surface area contributed by atoms with Gasteiger partial charge in [0.15, 0.2) is 0 Å². The first-order valence-electron chi connectivity index (χ1n) is 7.84. The zero-order chi connectivity index (χ0) is 15.7. The Balaban J connectivity index is 1.96. The Kier molecular flexibility index (Phi) is 4.11. The first kappa shape index (κ1) is 15.0. The number of nitrogens with one attached hydrogen (secondary N) is 2. The lowest BCUT2D eigenvalue weighted by atomic mass is 10.0. The van der Waals surface area contributed by atoms with E-state index in [0.717, 1.165) is 37.0 Å². The van der Waals surface area contributed by atoms with Gasteiger partial charge in [0.1, 0.15) is 0 Å². The van der Waals surface area contributed by atoms with E-state index in [0.29, 0.717) is 17.0 Å². The summed E-state index contributed by atoms with van der Waals surface area (Å²) in [7, 11) is 0. The lowest BCUT2D eigenvalue weighted by Crippen LogP contribution is -2.42. The molecule has 6 heteroatoms. The Morgan fingerprint density at radius 1 is 1.41 bits per heavy atom. The quantitative estimate of drug-likeness (QED) is 0.908. The highest BCUT2D eigenvalue weighted by atomic mass is 16.5. The molecule has 0 aliphatic carbocycles. The van der Waals surface area contributed by atoms with E-state index in [9.17, 15) is 4.79 Å². The monoisotopic (exact) mass is 302 g/mol. The number of fused-ring (bicyclic) bond motifs is 1. The van der Waals surface area contributed by atoms with Gasteiger partial charge in [0.05, 0.1) is 16.6 Å². The summed E-state index contributed by atoms with van der Waals surface area (Å²) in [5.74, 6) is 0.160. The number of piperidine rings is 1. The molecule has 0 atom stereocenters. The molecule has 0 radical (unpaired) electrons.